The number of hydrogen-bond donors (Lipinski definition) is 2. The van der Waals surface area contributed by atoms with Crippen LogP contribution in [0.15, 0.2) is 36.4 Å². The summed E-state index contributed by atoms with van der Waals surface area (Å²) in [5.74, 6) is 0.395. The maximum Gasteiger partial charge on any atom is 0.144 e. The van der Waals surface area contributed by atoms with Crippen molar-refractivity contribution < 1.29 is 9.13 Å². The summed E-state index contributed by atoms with van der Waals surface area (Å²) in [6, 6.07) is 10.1. The minimum absolute atomic E-state index is 0.251. The van der Waals surface area contributed by atoms with E-state index in [0.29, 0.717) is 18.0 Å². The molecule has 0 saturated heterocycles. The van der Waals surface area contributed by atoms with Crippen molar-refractivity contribution in [3.05, 3.63) is 47.8 Å². The van der Waals surface area contributed by atoms with Gasteiger partial charge in [0.1, 0.15) is 11.6 Å². The zero-order valence-corrected chi connectivity index (χ0v) is 11.0. The van der Waals surface area contributed by atoms with Gasteiger partial charge in [-0.1, -0.05) is 6.07 Å². The molecule has 2 aromatic rings. The third kappa shape index (κ3) is 2.96. The van der Waals surface area contributed by atoms with Gasteiger partial charge in [0.15, 0.2) is 0 Å². The molecule has 0 aliphatic heterocycles. The number of hydrogen-bond acceptors (Lipinski definition) is 3. The van der Waals surface area contributed by atoms with Crippen molar-refractivity contribution in [2.75, 3.05) is 17.7 Å². The highest BCUT2D eigenvalue weighted by atomic mass is 19.1. The molecule has 0 unspecified atom stereocenters. The Labute approximate surface area is 112 Å². The molecule has 19 heavy (non-hydrogen) atoms. The minimum Gasteiger partial charge on any atom is -0.492 e. The van der Waals surface area contributed by atoms with Crippen LogP contribution in [0.4, 0.5) is 21.5 Å². The lowest BCUT2D eigenvalue weighted by Crippen LogP contribution is -2.01. The van der Waals surface area contributed by atoms with Crippen molar-refractivity contribution in [3.63, 3.8) is 0 Å². The zero-order valence-electron chi connectivity index (χ0n) is 11.0. The summed E-state index contributed by atoms with van der Waals surface area (Å²) in [5, 5.41) is 3.19. The summed E-state index contributed by atoms with van der Waals surface area (Å²) in [5.41, 5.74) is 8.98. The van der Waals surface area contributed by atoms with E-state index in [1.54, 1.807) is 6.07 Å². The summed E-state index contributed by atoms with van der Waals surface area (Å²) >= 11 is 0. The Morgan fingerprint density at radius 1 is 1.21 bits per heavy atom. The van der Waals surface area contributed by atoms with Gasteiger partial charge in [0, 0.05) is 5.69 Å². The van der Waals surface area contributed by atoms with E-state index in [9.17, 15) is 4.39 Å². The summed E-state index contributed by atoms with van der Waals surface area (Å²) in [6.07, 6.45) is 0. The van der Waals surface area contributed by atoms with Crippen LogP contribution in [0.1, 0.15) is 12.5 Å². The molecule has 0 amide bonds. The molecule has 0 aromatic heterocycles. The molecule has 0 aliphatic carbocycles. The Morgan fingerprint density at radius 2 is 2.00 bits per heavy atom. The SMILES string of the molecule is CCOc1cccc(Nc2ccc(F)cc2C)c1N. The first-order valence-electron chi connectivity index (χ1n) is 6.16. The fourth-order valence-corrected chi connectivity index (χ4v) is 1.85. The van der Waals surface area contributed by atoms with E-state index < -0.39 is 0 Å². The maximum atomic E-state index is 13.1. The fourth-order valence-electron chi connectivity index (χ4n) is 1.85. The Kier molecular flexibility index (Phi) is 3.90. The van der Waals surface area contributed by atoms with Gasteiger partial charge in [-0.2, -0.15) is 0 Å². The van der Waals surface area contributed by atoms with Crippen LogP contribution >= 0.6 is 0 Å². The minimum atomic E-state index is -0.251. The second-order valence-electron chi connectivity index (χ2n) is 4.23. The van der Waals surface area contributed by atoms with Gasteiger partial charge in [0.25, 0.3) is 0 Å². The van der Waals surface area contributed by atoms with Crippen LogP contribution < -0.4 is 15.8 Å². The predicted molar refractivity (Wildman–Crippen MR) is 76.4 cm³/mol. The van der Waals surface area contributed by atoms with Crippen molar-refractivity contribution in [3.8, 4) is 5.75 Å². The fraction of sp³-hybridized carbons (Fsp3) is 0.200. The van der Waals surface area contributed by atoms with Gasteiger partial charge in [0.2, 0.25) is 0 Å². The molecule has 0 saturated carbocycles. The van der Waals surface area contributed by atoms with Gasteiger partial charge < -0.3 is 15.8 Å². The second kappa shape index (κ2) is 5.61. The number of nitrogen functional groups attached to an aromatic ring is 1. The monoisotopic (exact) mass is 260 g/mol. The number of nitrogens with one attached hydrogen (secondary N) is 1. The summed E-state index contributed by atoms with van der Waals surface area (Å²) in [4.78, 5) is 0. The molecular weight excluding hydrogens is 243 g/mol. The van der Waals surface area contributed by atoms with Crippen molar-refractivity contribution in [1.29, 1.82) is 0 Å². The van der Waals surface area contributed by atoms with Crippen LogP contribution in [0.3, 0.4) is 0 Å². The van der Waals surface area contributed by atoms with E-state index in [1.165, 1.54) is 12.1 Å². The van der Waals surface area contributed by atoms with Gasteiger partial charge in [-0.15, -0.1) is 0 Å². The summed E-state index contributed by atoms with van der Waals surface area (Å²) in [6.45, 7) is 4.31. The van der Waals surface area contributed by atoms with Crippen LogP contribution in [0.2, 0.25) is 0 Å². The molecule has 4 heteroatoms. The smallest absolute Gasteiger partial charge is 0.144 e. The topological polar surface area (TPSA) is 47.3 Å². The molecule has 2 aromatic carbocycles. The average molecular weight is 260 g/mol. The zero-order chi connectivity index (χ0) is 13.8. The van der Waals surface area contributed by atoms with Crippen molar-refractivity contribution >= 4 is 17.1 Å². The number of rotatable bonds is 4. The second-order valence-corrected chi connectivity index (χ2v) is 4.23. The van der Waals surface area contributed by atoms with E-state index in [1.807, 2.05) is 32.0 Å². The van der Waals surface area contributed by atoms with Crippen molar-refractivity contribution in [2.24, 2.45) is 0 Å². The number of anilines is 3. The molecule has 0 heterocycles. The van der Waals surface area contributed by atoms with E-state index in [2.05, 4.69) is 5.32 Å². The Morgan fingerprint density at radius 3 is 2.68 bits per heavy atom. The van der Waals surface area contributed by atoms with Crippen LogP contribution in [0.5, 0.6) is 5.75 Å². The van der Waals surface area contributed by atoms with Gasteiger partial charge in [-0.05, 0) is 49.7 Å². The lowest BCUT2D eigenvalue weighted by atomic mass is 10.1. The quantitative estimate of drug-likeness (QED) is 0.821. The molecule has 0 bridgehead atoms. The first kappa shape index (κ1) is 13.2. The van der Waals surface area contributed by atoms with Crippen LogP contribution in [-0.2, 0) is 0 Å². The van der Waals surface area contributed by atoms with Gasteiger partial charge in [0.05, 0.1) is 18.0 Å². The van der Waals surface area contributed by atoms with Gasteiger partial charge in [-0.25, -0.2) is 4.39 Å². The van der Waals surface area contributed by atoms with Crippen molar-refractivity contribution in [2.45, 2.75) is 13.8 Å². The highest BCUT2D eigenvalue weighted by molar-refractivity contribution is 5.78. The third-order valence-electron chi connectivity index (χ3n) is 2.82. The number of nitrogens with two attached hydrogens (primary N) is 1. The molecular formula is C15H17FN2O. The van der Waals surface area contributed by atoms with Crippen LogP contribution in [-0.4, -0.2) is 6.61 Å². The highest BCUT2D eigenvalue weighted by Gasteiger charge is 2.07. The van der Waals surface area contributed by atoms with Crippen LogP contribution in [0.25, 0.3) is 0 Å². The predicted octanol–water partition coefficient (Wildman–Crippen LogP) is 3.86. The van der Waals surface area contributed by atoms with Gasteiger partial charge >= 0.3 is 0 Å². The Hall–Kier alpha value is -2.23. The number of ether oxygens (including phenoxy) is 1. The number of aryl methyl sites for hydroxylation is 1. The average Bonchev–Trinajstić information content (AvgIpc) is 2.37. The lowest BCUT2D eigenvalue weighted by molar-refractivity contribution is 0.342. The number of benzene rings is 2. The summed E-state index contributed by atoms with van der Waals surface area (Å²) in [7, 11) is 0. The molecule has 0 fully saturated rings. The number of para-hydroxylation sites is 1. The van der Waals surface area contributed by atoms with E-state index in [4.69, 9.17) is 10.5 Å². The molecule has 100 valence electrons. The van der Waals surface area contributed by atoms with E-state index in [-0.39, 0.29) is 5.82 Å². The maximum absolute atomic E-state index is 13.1. The Bertz CT molecular complexity index is 584. The lowest BCUT2D eigenvalue weighted by Gasteiger charge is -2.14. The molecule has 0 aliphatic rings. The van der Waals surface area contributed by atoms with Crippen molar-refractivity contribution in [1.82, 2.24) is 0 Å². The molecule has 3 N–H and O–H groups in total. The molecule has 3 nitrogen and oxygen atoms in total. The first-order chi connectivity index (χ1) is 9.11. The molecule has 0 atom stereocenters. The standard InChI is InChI=1S/C15H17FN2O/c1-3-19-14-6-4-5-13(15(14)17)18-12-8-7-11(16)9-10(12)2/h4-9,18H,3,17H2,1-2H3. The largest absolute Gasteiger partial charge is 0.492 e. The highest BCUT2D eigenvalue weighted by Crippen LogP contribution is 2.32. The van der Waals surface area contributed by atoms with E-state index in [0.717, 1.165) is 16.9 Å². The van der Waals surface area contributed by atoms with E-state index >= 15 is 0 Å². The number of halogens is 1. The van der Waals surface area contributed by atoms with Gasteiger partial charge in [-0.3, -0.25) is 0 Å². The molecule has 0 spiro atoms. The summed E-state index contributed by atoms with van der Waals surface area (Å²) < 4.78 is 18.5. The third-order valence-corrected chi connectivity index (χ3v) is 2.82. The molecule has 2 rings (SSSR count). The Balaban J connectivity index is 2.30. The first-order valence-corrected chi connectivity index (χ1v) is 6.16. The normalized spacial score (nSPS) is 10.3. The molecule has 0 radical (unpaired) electrons. The van der Waals surface area contributed by atoms with Crippen LogP contribution in [0, 0.1) is 12.7 Å².